The number of ether oxygens (including phenoxy) is 1. The van der Waals surface area contributed by atoms with E-state index in [0.717, 1.165) is 17.8 Å². The number of nitro groups is 1. The van der Waals surface area contributed by atoms with E-state index in [1.54, 1.807) is 0 Å². The first kappa shape index (κ1) is 18.9. The zero-order valence-corrected chi connectivity index (χ0v) is 14.5. The average Bonchev–Trinajstić information content (AvgIpc) is 2.67. The van der Waals surface area contributed by atoms with Crippen LogP contribution in [0.1, 0.15) is 20.7 Å². The Kier molecular flexibility index (Phi) is 6.26. The molecule has 0 heterocycles. The van der Waals surface area contributed by atoms with Crippen molar-refractivity contribution in [1.82, 2.24) is 5.32 Å². The molecule has 0 saturated heterocycles. The zero-order valence-electron chi connectivity index (χ0n) is 14.5. The number of anilines is 1. The standard InChI is InChI=1S/C18H19N3O5/c1-20(15-6-4-3-5-7-15)9-8-19-17(22)13-10-14(18(23)26-2)12-16(11-13)21(24)25/h3-7,10-12H,8-9H2,1-2H3,(H,19,22). The fraction of sp³-hybridized carbons (Fsp3) is 0.222. The molecule has 0 atom stereocenters. The molecule has 0 unspecified atom stereocenters. The number of carbonyl (C=O) groups is 2. The first-order chi connectivity index (χ1) is 12.4. The van der Waals surface area contributed by atoms with Crippen LogP contribution >= 0.6 is 0 Å². The van der Waals surface area contributed by atoms with Crippen LogP contribution in [0.15, 0.2) is 48.5 Å². The molecule has 0 radical (unpaired) electrons. The lowest BCUT2D eigenvalue weighted by molar-refractivity contribution is -0.384. The topological polar surface area (TPSA) is 102 Å². The molecule has 1 amide bonds. The summed E-state index contributed by atoms with van der Waals surface area (Å²) in [6.07, 6.45) is 0. The molecule has 2 aromatic carbocycles. The summed E-state index contributed by atoms with van der Waals surface area (Å²) in [6, 6.07) is 13.1. The Morgan fingerprint density at radius 1 is 1.15 bits per heavy atom. The molecule has 0 bridgehead atoms. The van der Waals surface area contributed by atoms with Gasteiger partial charge in [0.2, 0.25) is 0 Å². The molecule has 26 heavy (non-hydrogen) atoms. The van der Waals surface area contributed by atoms with E-state index in [2.05, 4.69) is 10.1 Å². The highest BCUT2D eigenvalue weighted by atomic mass is 16.6. The van der Waals surface area contributed by atoms with Gasteiger partial charge < -0.3 is 15.0 Å². The summed E-state index contributed by atoms with van der Waals surface area (Å²) in [7, 11) is 3.06. The quantitative estimate of drug-likeness (QED) is 0.463. The summed E-state index contributed by atoms with van der Waals surface area (Å²) in [5, 5.41) is 13.7. The van der Waals surface area contributed by atoms with Crippen molar-refractivity contribution >= 4 is 23.3 Å². The third kappa shape index (κ3) is 4.79. The Bertz CT molecular complexity index is 808. The first-order valence-corrected chi connectivity index (χ1v) is 7.84. The van der Waals surface area contributed by atoms with E-state index in [1.165, 1.54) is 13.2 Å². The van der Waals surface area contributed by atoms with Crippen LogP contribution in [0.2, 0.25) is 0 Å². The fourth-order valence-corrected chi connectivity index (χ4v) is 2.33. The number of esters is 1. The second-order valence-electron chi connectivity index (χ2n) is 5.53. The fourth-order valence-electron chi connectivity index (χ4n) is 2.33. The van der Waals surface area contributed by atoms with E-state index in [1.807, 2.05) is 42.3 Å². The van der Waals surface area contributed by atoms with Crippen LogP contribution in [-0.2, 0) is 4.74 Å². The lowest BCUT2D eigenvalue weighted by Crippen LogP contribution is -2.33. The number of hydrogen-bond acceptors (Lipinski definition) is 6. The van der Waals surface area contributed by atoms with Crippen molar-refractivity contribution in [2.24, 2.45) is 0 Å². The maximum Gasteiger partial charge on any atom is 0.338 e. The molecule has 8 heteroatoms. The largest absolute Gasteiger partial charge is 0.465 e. The van der Waals surface area contributed by atoms with Gasteiger partial charge in [0.1, 0.15) is 0 Å². The van der Waals surface area contributed by atoms with E-state index in [0.29, 0.717) is 13.1 Å². The number of non-ortho nitro benzene ring substituents is 1. The van der Waals surface area contributed by atoms with E-state index < -0.39 is 16.8 Å². The van der Waals surface area contributed by atoms with Gasteiger partial charge in [-0.2, -0.15) is 0 Å². The molecule has 0 aliphatic carbocycles. The normalized spacial score (nSPS) is 10.1. The van der Waals surface area contributed by atoms with E-state index in [-0.39, 0.29) is 16.8 Å². The van der Waals surface area contributed by atoms with Gasteiger partial charge in [-0.05, 0) is 18.2 Å². The smallest absolute Gasteiger partial charge is 0.338 e. The van der Waals surface area contributed by atoms with Crippen molar-refractivity contribution in [3.8, 4) is 0 Å². The number of nitro benzene ring substituents is 1. The van der Waals surface area contributed by atoms with Crippen LogP contribution in [0, 0.1) is 10.1 Å². The lowest BCUT2D eigenvalue weighted by Gasteiger charge is -2.19. The molecule has 0 saturated carbocycles. The number of rotatable bonds is 7. The van der Waals surface area contributed by atoms with Crippen molar-refractivity contribution in [3.63, 3.8) is 0 Å². The Morgan fingerprint density at radius 3 is 2.42 bits per heavy atom. The van der Waals surface area contributed by atoms with Crippen molar-refractivity contribution < 1.29 is 19.2 Å². The maximum absolute atomic E-state index is 12.3. The van der Waals surface area contributed by atoms with Gasteiger partial charge in [0.25, 0.3) is 11.6 Å². The van der Waals surface area contributed by atoms with Crippen LogP contribution < -0.4 is 10.2 Å². The van der Waals surface area contributed by atoms with Gasteiger partial charge in [0.05, 0.1) is 17.6 Å². The Balaban J connectivity index is 2.05. The minimum absolute atomic E-state index is 0.0296. The van der Waals surface area contributed by atoms with Gasteiger partial charge >= 0.3 is 5.97 Å². The molecule has 0 aliphatic heterocycles. The Hall–Kier alpha value is -3.42. The maximum atomic E-state index is 12.3. The third-order valence-corrected chi connectivity index (χ3v) is 3.74. The molecule has 0 aromatic heterocycles. The summed E-state index contributed by atoms with van der Waals surface area (Å²) < 4.78 is 4.57. The first-order valence-electron chi connectivity index (χ1n) is 7.84. The number of nitrogens with one attached hydrogen (secondary N) is 1. The van der Waals surface area contributed by atoms with Gasteiger partial charge in [-0.15, -0.1) is 0 Å². The van der Waals surface area contributed by atoms with Crippen LogP contribution in [-0.4, -0.2) is 44.0 Å². The number of hydrogen-bond donors (Lipinski definition) is 1. The second-order valence-corrected chi connectivity index (χ2v) is 5.53. The Labute approximate surface area is 150 Å². The SMILES string of the molecule is COC(=O)c1cc(C(=O)NCCN(C)c2ccccc2)cc([N+](=O)[O-])c1. The van der Waals surface area contributed by atoms with Crippen molar-refractivity contribution in [2.45, 2.75) is 0 Å². The number of carbonyl (C=O) groups excluding carboxylic acids is 2. The van der Waals surface area contributed by atoms with Crippen LogP contribution in [0.25, 0.3) is 0 Å². The second kappa shape index (κ2) is 8.61. The number of para-hydroxylation sites is 1. The van der Waals surface area contributed by atoms with Crippen LogP contribution in [0.5, 0.6) is 0 Å². The third-order valence-electron chi connectivity index (χ3n) is 3.74. The molecule has 0 fully saturated rings. The van der Waals surface area contributed by atoms with Crippen molar-refractivity contribution in [3.05, 3.63) is 69.8 Å². The van der Waals surface area contributed by atoms with Crippen LogP contribution in [0.3, 0.4) is 0 Å². The minimum Gasteiger partial charge on any atom is -0.465 e. The molecule has 2 rings (SSSR count). The van der Waals surface area contributed by atoms with E-state index in [4.69, 9.17) is 0 Å². The lowest BCUT2D eigenvalue weighted by atomic mass is 10.1. The monoisotopic (exact) mass is 357 g/mol. The van der Waals surface area contributed by atoms with Gasteiger partial charge in [0, 0.05) is 43.5 Å². The summed E-state index contributed by atoms with van der Waals surface area (Å²) in [6.45, 7) is 0.884. The van der Waals surface area contributed by atoms with Crippen LogP contribution in [0.4, 0.5) is 11.4 Å². The van der Waals surface area contributed by atoms with Gasteiger partial charge in [-0.1, -0.05) is 18.2 Å². The molecule has 136 valence electrons. The molecule has 2 aromatic rings. The predicted octanol–water partition coefficient (Wildman–Crippen LogP) is 2.25. The minimum atomic E-state index is -0.744. The van der Waals surface area contributed by atoms with Crippen molar-refractivity contribution in [2.75, 3.05) is 32.1 Å². The molecule has 0 spiro atoms. The number of nitrogens with zero attached hydrogens (tertiary/aromatic N) is 2. The molecule has 0 aliphatic rings. The summed E-state index contributed by atoms with van der Waals surface area (Å²) >= 11 is 0. The highest BCUT2D eigenvalue weighted by Gasteiger charge is 2.18. The predicted molar refractivity (Wildman–Crippen MR) is 96.5 cm³/mol. The number of likely N-dealkylation sites (N-methyl/N-ethyl adjacent to an activating group) is 1. The molecular formula is C18H19N3O5. The highest BCUT2D eigenvalue weighted by molar-refractivity contribution is 5.99. The van der Waals surface area contributed by atoms with Gasteiger partial charge in [0.15, 0.2) is 0 Å². The Morgan fingerprint density at radius 2 is 1.81 bits per heavy atom. The van der Waals surface area contributed by atoms with E-state index >= 15 is 0 Å². The highest BCUT2D eigenvalue weighted by Crippen LogP contribution is 2.18. The summed E-state index contributed by atoms with van der Waals surface area (Å²) in [4.78, 5) is 36.3. The van der Waals surface area contributed by atoms with Gasteiger partial charge in [-0.25, -0.2) is 4.79 Å². The van der Waals surface area contributed by atoms with Gasteiger partial charge in [-0.3, -0.25) is 14.9 Å². The summed E-state index contributed by atoms with van der Waals surface area (Å²) in [5.74, 6) is -1.24. The number of benzene rings is 2. The zero-order chi connectivity index (χ0) is 19.1. The summed E-state index contributed by atoms with van der Waals surface area (Å²) in [5.41, 5.74) is 0.639. The molecule has 8 nitrogen and oxygen atoms in total. The number of amides is 1. The number of methoxy groups -OCH3 is 1. The molecular weight excluding hydrogens is 338 g/mol. The van der Waals surface area contributed by atoms with E-state index in [9.17, 15) is 19.7 Å². The van der Waals surface area contributed by atoms with Crippen molar-refractivity contribution in [1.29, 1.82) is 0 Å². The average molecular weight is 357 g/mol. The molecule has 1 N–H and O–H groups in total.